The van der Waals surface area contributed by atoms with Gasteiger partial charge in [0.25, 0.3) is 11.8 Å². The Morgan fingerprint density at radius 3 is 2.12 bits per heavy atom. The van der Waals surface area contributed by atoms with E-state index < -0.39 is 0 Å². The first-order chi connectivity index (χ1) is 15.9. The third kappa shape index (κ3) is 4.27. The van der Waals surface area contributed by atoms with E-state index in [1.165, 1.54) is 4.90 Å². The van der Waals surface area contributed by atoms with Gasteiger partial charge >= 0.3 is 0 Å². The lowest BCUT2D eigenvalue weighted by Crippen LogP contribution is -2.32. The molecule has 0 spiro atoms. The summed E-state index contributed by atoms with van der Waals surface area (Å²) in [6.07, 6.45) is 0. The smallest absolute Gasteiger partial charge is 0.282 e. The average molecular weight is 440 g/mol. The summed E-state index contributed by atoms with van der Waals surface area (Å²) in [6.45, 7) is 9.97. The van der Waals surface area contributed by atoms with E-state index in [2.05, 4.69) is 24.1 Å². The molecule has 2 amide bonds. The number of hydrogen-bond donors (Lipinski definition) is 1. The van der Waals surface area contributed by atoms with Crippen molar-refractivity contribution < 1.29 is 9.59 Å². The van der Waals surface area contributed by atoms with Crippen molar-refractivity contribution >= 4 is 34.4 Å². The Balaban J connectivity index is 1.76. The predicted molar refractivity (Wildman–Crippen MR) is 135 cm³/mol. The van der Waals surface area contributed by atoms with Gasteiger partial charge < -0.3 is 10.2 Å². The number of rotatable bonds is 7. The van der Waals surface area contributed by atoms with E-state index in [0.717, 1.165) is 35.6 Å². The van der Waals surface area contributed by atoms with Crippen LogP contribution in [0.3, 0.4) is 0 Å². The first kappa shape index (κ1) is 22.3. The molecule has 3 aromatic carbocycles. The van der Waals surface area contributed by atoms with Gasteiger partial charge in [-0.15, -0.1) is 0 Å². The van der Waals surface area contributed by atoms with E-state index >= 15 is 0 Å². The van der Waals surface area contributed by atoms with Gasteiger partial charge in [-0.2, -0.15) is 0 Å². The van der Waals surface area contributed by atoms with Crippen LogP contribution >= 0.6 is 0 Å². The SMILES string of the molecule is CCN(CC)c1ccc(N2C(=O)C(Nc3cc(C)ccc3C)=C(c3ccccc3)C2=O)cc1. The Morgan fingerprint density at radius 1 is 0.818 bits per heavy atom. The molecule has 0 atom stereocenters. The minimum atomic E-state index is -0.352. The molecule has 3 aromatic rings. The van der Waals surface area contributed by atoms with Gasteiger partial charge in [0.05, 0.1) is 11.3 Å². The van der Waals surface area contributed by atoms with Crippen molar-refractivity contribution in [2.45, 2.75) is 27.7 Å². The number of carbonyl (C=O) groups excluding carboxylic acids is 2. The van der Waals surface area contributed by atoms with Crippen LogP contribution in [0.15, 0.2) is 78.5 Å². The maximum Gasteiger partial charge on any atom is 0.282 e. The van der Waals surface area contributed by atoms with Gasteiger partial charge in [-0.1, -0.05) is 42.5 Å². The monoisotopic (exact) mass is 439 g/mol. The molecule has 0 bridgehead atoms. The number of nitrogens with zero attached hydrogens (tertiary/aromatic N) is 2. The zero-order valence-corrected chi connectivity index (χ0v) is 19.6. The molecule has 5 nitrogen and oxygen atoms in total. The highest BCUT2D eigenvalue weighted by atomic mass is 16.2. The van der Waals surface area contributed by atoms with Crippen LogP contribution < -0.4 is 15.1 Å². The standard InChI is InChI=1S/C28H29N3O2/c1-5-30(6-2)22-14-16-23(17-15-22)31-27(32)25(21-10-8-7-9-11-21)26(28(31)33)29-24-18-19(3)12-13-20(24)4/h7-18,29H,5-6H2,1-4H3. The second-order valence-electron chi connectivity index (χ2n) is 8.19. The molecule has 0 fully saturated rings. The summed E-state index contributed by atoms with van der Waals surface area (Å²) in [5.41, 5.74) is 5.92. The van der Waals surface area contributed by atoms with Crippen LogP contribution in [0.4, 0.5) is 17.1 Å². The largest absolute Gasteiger partial charge is 0.372 e. The lowest BCUT2D eigenvalue weighted by molar-refractivity contribution is -0.120. The molecular formula is C28H29N3O2. The van der Waals surface area contributed by atoms with Crippen LogP contribution in [0.1, 0.15) is 30.5 Å². The van der Waals surface area contributed by atoms with Gasteiger partial charge in [0.2, 0.25) is 0 Å². The summed E-state index contributed by atoms with van der Waals surface area (Å²) in [7, 11) is 0. The van der Waals surface area contributed by atoms with Gasteiger partial charge in [-0.3, -0.25) is 9.59 Å². The average Bonchev–Trinajstić information content (AvgIpc) is 3.07. The van der Waals surface area contributed by atoms with Crippen LogP contribution in [-0.4, -0.2) is 24.9 Å². The van der Waals surface area contributed by atoms with E-state index in [1.54, 1.807) is 0 Å². The summed E-state index contributed by atoms with van der Waals surface area (Å²) in [4.78, 5) is 30.7. The van der Waals surface area contributed by atoms with E-state index in [-0.39, 0.29) is 11.8 Å². The molecular weight excluding hydrogens is 410 g/mol. The fourth-order valence-electron chi connectivity index (χ4n) is 4.16. The molecule has 1 aliphatic rings. The highest BCUT2D eigenvalue weighted by molar-refractivity contribution is 6.46. The summed E-state index contributed by atoms with van der Waals surface area (Å²) >= 11 is 0. The Kier molecular flexibility index (Phi) is 6.31. The summed E-state index contributed by atoms with van der Waals surface area (Å²) in [6, 6.07) is 23.0. The fraction of sp³-hybridized carbons (Fsp3) is 0.214. The Hall–Kier alpha value is -3.86. The molecule has 0 saturated heterocycles. The number of amides is 2. The number of imide groups is 1. The third-order valence-electron chi connectivity index (χ3n) is 6.04. The van der Waals surface area contributed by atoms with Crippen molar-refractivity contribution in [2.24, 2.45) is 0 Å². The zero-order valence-electron chi connectivity index (χ0n) is 19.6. The second kappa shape index (κ2) is 9.33. The van der Waals surface area contributed by atoms with E-state index in [4.69, 9.17) is 0 Å². The predicted octanol–water partition coefficient (Wildman–Crippen LogP) is 5.55. The highest BCUT2D eigenvalue weighted by Gasteiger charge is 2.40. The minimum Gasteiger partial charge on any atom is -0.372 e. The number of anilines is 3. The van der Waals surface area contributed by atoms with Gasteiger partial charge in [0.1, 0.15) is 5.70 Å². The maximum atomic E-state index is 13.6. The molecule has 1 heterocycles. The number of nitrogens with one attached hydrogen (secondary N) is 1. The molecule has 1 aliphatic heterocycles. The Morgan fingerprint density at radius 2 is 1.48 bits per heavy atom. The third-order valence-corrected chi connectivity index (χ3v) is 6.04. The van der Waals surface area contributed by atoms with Crippen LogP contribution in [0.5, 0.6) is 0 Å². The molecule has 0 radical (unpaired) electrons. The molecule has 0 saturated carbocycles. The lowest BCUT2D eigenvalue weighted by atomic mass is 10.0. The van der Waals surface area contributed by atoms with Gasteiger partial charge in [-0.05, 0) is 74.7 Å². The number of carbonyl (C=O) groups is 2. The molecule has 0 aromatic heterocycles. The molecule has 168 valence electrons. The first-order valence-corrected chi connectivity index (χ1v) is 11.3. The van der Waals surface area contributed by atoms with Crippen LogP contribution in [-0.2, 0) is 9.59 Å². The normalized spacial score (nSPS) is 13.6. The van der Waals surface area contributed by atoms with Gasteiger partial charge in [0.15, 0.2) is 0 Å². The zero-order chi connectivity index (χ0) is 23.5. The van der Waals surface area contributed by atoms with Crippen molar-refractivity contribution in [1.29, 1.82) is 0 Å². The van der Waals surface area contributed by atoms with Crippen molar-refractivity contribution in [3.8, 4) is 0 Å². The maximum absolute atomic E-state index is 13.6. The van der Waals surface area contributed by atoms with E-state index in [9.17, 15) is 9.59 Å². The van der Waals surface area contributed by atoms with Gasteiger partial charge in [0, 0.05) is 24.5 Å². The molecule has 0 aliphatic carbocycles. The molecule has 1 N–H and O–H groups in total. The van der Waals surface area contributed by atoms with E-state index in [1.807, 2.05) is 86.6 Å². The molecule has 33 heavy (non-hydrogen) atoms. The molecule has 5 heteroatoms. The Labute approximate surface area is 195 Å². The number of hydrogen-bond acceptors (Lipinski definition) is 4. The minimum absolute atomic E-state index is 0.299. The van der Waals surface area contributed by atoms with Crippen LogP contribution in [0.25, 0.3) is 5.57 Å². The Bertz CT molecular complexity index is 1210. The first-order valence-electron chi connectivity index (χ1n) is 11.3. The number of aryl methyl sites for hydroxylation is 2. The van der Waals surface area contributed by atoms with E-state index in [0.29, 0.717) is 22.5 Å². The summed E-state index contributed by atoms with van der Waals surface area (Å²) < 4.78 is 0. The van der Waals surface area contributed by atoms with Crippen LogP contribution in [0.2, 0.25) is 0 Å². The van der Waals surface area contributed by atoms with Crippen molar-refractivity contribution in [3.63, 3.8) is 0 Å². The number of benzene rings is 3. The quantitative estimate of drug-likeness (QED) is 0.491. The lowest BCUT2D eigenvalue weighted by Gasteiger charge is -2.22. The highest BCUT2D eigenvalue weighted by Crippen LogP contribution is 2.35. The fourth-order valence-corrected chi connectivity index (χ4v) is 4.16. The van der Waals surface area contributed by atoms with Crippen LogP contribution in [0, 0.1) is 13.8 Å². The summed E-state index contributed by atoms with van der Waals surface area (Å²) in [5.74, 6) is -0.676. The van der Waals surface area contributed by atoms with Crippen molar-refractivity contribution in [2.75, 3.05) is 28.2 Å². The van der Waals surface area contributed by atoms with Crippen molar-refractivity contribution in [1.82, 2.24) is 0 Å². The van der Waals surface area contributed by atoms with Crippen molar-refractivity contribution in [3.05, 3.63) is 95.2 Å². The second-order valence-corrected chi connectivity index (χ2v) is 8.19. The molecule has 4 rings (SSSR count). The topological polar surface area (TPSA) is 52.6 Å². The molecule has 0 unspecified atom stereocenters. The summed E-state index contributed by atoms with van der Waals surface area (Å²) in [5, 5.41) is 3.29. The van der Waals surface area contributed by atoms with Gasteiger partial charge in [-0.25, -0.2) is 4.90 Å².